The van der Waals surface area contributed by atoms with Crippen LogP contribution in [-0.4, -0.2) is 36.3 Å². The number of hydrogen-bond acceptors (Lipinski definition) is 4. The van der Waals surface area contributed by atoms with Crippen LogP contribution in [0.25, 0.3) is 0 Å². The maximum absolute atomic E-state index is 12.3. The molecule has 0 spiro atoms. The first-order chi connectivity index (χ1) is 13.1. The lowest BCUT2D eigenvalue weighted by Crippen LogP contribution is -2.45. The molecule has 0 amide bonds. The number of carbonyl (C=O) groups excluding carboxylic acids is 2. The predicted molar refractivity (Wildman–Crippen MR) is 106 cm³/mol. The first kappa shape index (κ1) is 19.3. The molecular formula is C23H27NO3. The van der Waals surface area contributed by atoms with Crippen molar-refractivity contribution < 1.29 is 14.3 Å². The largest absolute Gasteiger partial charge is 0.454 e. The van der Waals surface area contributed by atoms with Crippen molar-refractivity contribution in [2.24, 2.45) is 0 Å². The van der Waals surface area contributed by atoms with Gasteiger partial charge in [0.15, 0.2) is 5.78 Å². The van der Waals surface area contributed by atoms with Crippen LogP contribution in [0.1, 0.15) is 48.5 Å². The third-order valence-electron chi connectivity index (χ3n) is 5.31. The molecule has 0 N–H and O–H groups in total. The molecule has 27 heavy (non-hydrogen) atoms. The van der Waals surface area contributed by atoms with E-state index < -0.39 is 5.60 Å². The first-order valence-corrected chi connectivity index (χ1v) is 9.71. The Morgan fingerprint density at radius 2 is 1.56 bits per heavy atom. The Morgan fingerprint density at radius 1 is 0.963 bits per heavy atom. The lowest BCUT2D eigenvalue weighted by Gasteiger charge is -2.41. The van der Waals surface area contributed by atoms with Gasteiger partial charge in [-0.05, 0) is 5.56 Å². The molecule has 0 unspecified atom stereocenters. The normalized spacial score (nSPS) is 16.6. The van der Waals surface area contributed by atoms with Gasteiger partial charge in [0.2, 0.25) is 0 Å². The summed E-state index contributed by atoms with van der Waals surface area (Å²) in [6.45, 7) is 4.19. The maximum atomic E-state index is 12.3. The summed E-state index contributed by atoms with van der Waals surface area (Å²) in [4.78, 5) is 26.6. The molecule has 1 saturated heterocycles. The van der Waals surface area contributed by atoms with Gasteiger partial charge in [-0.2, -0.15) is 0 Å². The Bertz CT molecular complexity index is 750. The second-order valence-corrected chi connectivity index (χ2v) is 7.07. The smallest absolute Gasteiger partial charge is 0.306 e. The minimum atomic E-state index is -0.547. The maximum Gasteiger partial charge on any atom is 0.306 e. The van der Waals surface area contributed by atoms with Crippen LogP contribution in [0.4, 0.5) is 0 Å². The molecule has 1 aliphatic rings. The molecule has 4 nitrogen and oxygen atoms in total. The fourth-order valence-corrected chi connectivity index (χ4v) is 3.65. The molecule has 0 aliphatic carbocycles. The third kappa shape index (κ3) is 4.83. The average Bonchev–Trinajstić information content (AvgIpc) is 2.74. The van der Waals surface area contributed by atoms with Gasteiger partial charge in [0.05, 0.1) is 0 Å². The molecule has 1 heterocycles. The van der Waals surface area contributed by atoms with E-state index in [0.29, 0.717) is 12.8 Å². The number of nitrogens with zero attached hydrogens (tertiary/aromatic N) is 1. The molecule has 0 radical (unpaired) electrons. The second-order valence-electron chi connectivity index (χ2n) is 7.07. The SMILES string of the molecule is CCC(=O)OC1(c2ccccc2)CCN(CCC(=O)c2ccccc2)CC1. The fourth-order valence-electron chi connectivity index (χ4n) is 3.65. The van der Waals surface area contributed by atoms with Crippen molar-refractivity contribution in [2.45, 2.75) is 38.2 Å². The second kappa shape index (κ2) is 8.96. The van der Waals surface area contributed by atoms with E-state index >= 15 is 0 Å². The standard InChI is InChI=1S/C23H27NO3/c1-2-22(26)27-23(20-11-7-4-8-12-20)14-17-24(18-15-23)16-13-21(25)19-9-5-3-6-10-19/h3-12H,2,13-18H2,1H3. The summed E-state index contributed by atoms with van der Waals surface area (Å²) in [7, 11) is 0. The van der Waals surface area contributed by atoms with Gasteiger partial charge in [-0.15, -0.1) is 0 Å². The Labute approximate surface area is 161 Å². The highest BCUT2D eigenvalue weighted by molar-refractivity contribution is 5.96. The van der Waals surface area contributed by atoms with Crippen molar-refractivity contribution in [3.8, 4) is 0 Å². The van der Waals surface area contributed by atoms with Gasteiger partial charge in [0, 0.05) is 50.9 Å². The van der Waals surface area contributed by atoms with Gasteiger partial charge >= 0.3 is 5.97 Å². The summed E-state index contributed by atoms with van der Waals surface area (Å²) in [6, 6.07) is 19.5. The summed E-state index contributed by atoms with van der Waals surface area (Å²) >= 11 is 0. The highest BCUT2D eigenvalue weighted by Gasteiger charge is 2.39. The minimum Gasteiger partial charge on any atom is -0.454 e. The number of Topliss-reactive ketones (excluding diaryl/α,β-unsaturated/α-hetero) is 1. The van der Waals surface area contributed by atoms with Crippen molar-refractivity contribution in [3.05, 3.63) is 71.8 Å². The molecule has 2 aromatic rings. The van der Waals surface area contributed by atoms with Gasteiger partial charge in [0.1, 0.15) is 5.60 Å². The number of carbonyl (C=O) groups is 2. The number of rotatable bonds is 7. The van der Waals surface area contributed by atoms with E-state index in [1.54, 1.807) is 0 Å². The summed E-state index contributed by atoms with van der Waals surface area (Å²) in [5.41, 5.74) is 1.28. The van der Waals surface area contributed by atoms with Gasteiger partial charge in [0.25, 0.3) is 0 Å². The number of likely N-dealkylation sites (tertiary alicyclic amines) is 1. The van der Waals surface area contributed by atoms with Crippen LogP contribution in [0.5, 0.6) is 0 Å². The molecule has 4 heteroatoms. The van der Waals surface area contributed by atoms with E-state index in [1.165, 1.54) is 0 Å². The molecular weight excluding hydrogens is 338 g/mol. The zero-order chi connectivity index (χ0) is 19.1. The van der Waals surface area contributed by atoms with Gasteiger partial charge < -0.3 is 9.64 Å². The van der Waals surface area contributed by atoms with Crippen molar-refractivity contribution >= 4 is 11.8 Å². The quantitative estimate of drug-likeness (QED) is 0.545. The van der Waals surface area contributed by atoms with Crippen LogP contribution in [0.3, 0.4) is 0 Å². The van der Waals surface area contributed by atoms with E-state index in [9.17, 15) is 9.59 Å². The van der Waals surface area contributed by atoms with Gasteiger partial charge in [-0.3, -0.25) is 9.59 Å². The number of esters is 1. The lowest BCUT2D eigenvalue weighted by atomic mass is 9.84. The molecule has 2 aromatic carbocycles. The van der Waals surface area contributed by atoms with Crippen LogP contribution in [0, 0.1) is 0 Å². The highest BCUT2D eigenvalue weighted by atomic mass is 16.6. The number of benzene rings is 2. The van der Waals surface area contributed by atoms with Crippen molar-refractivity contribution in [2.75, 3.05) is 19.6 Å². The summed E-state index contributed by atoms with van der Waals surface area (Å²) < 4.78 is 5.92. The van der Waals surface area contributed by atoms with Crippen LogP contribution in [-0.2, 0) is 15.1 Å². The lowest BCUT2D eigenvalue weighted by molar-refractivity contribution is -0.166. The monoisotopic (exact) mass is 365 g/mol. The van der Waals surface area contributed by atoms with E-state index in [-0.39, 0.29) is 11.8 Å². The molecule has 3 rings (SSSR count). The Balaban J connectivity index is 1.61. The first-order valence-electron chi connectivity index (χ1n) is 9.71. The van der Waals surface area contributed by atoms with Crippen molar-refractivity contribution in [1.82, 2.24) is 4.90 Å². The number of hydrogen-bond donors (Lipinski definition) is 0. The topological polar surface area (TPSA) is 46.6 Å². The summed E-state index contributed by atoms with van der Waals surface area (Å²) in [6.07, 6.45) is 2.39. The average molecular weight is 365 g/mol. The molecule has 0 aromatic heterocycles. The minimum absolute atomic E-state index is 0.161. The fraction of sp³-hybridized carbons (Fsp3) is 0.391. The number of ether oxygens (including phenoxy) is 1. The Morgan fingerprint density at radius 3 is 2.15 bits per heavy atom. The Hall–Kier alpha value is -2.46. The molecule has 0 atom stereocenters. The van der Waals surface area contributed by atoms with E-state index in [0.717, 1.165) is 43.6 Å². The predicted octanol–water partition coefficient (Wildman–Crippen LogP) is 4.20. The van der Waals surface area contributed by atoms with Gasteiger partial charge in [-0.1, -0.05) is 67.6 Å². The molecule has 0 saturated carbocycles. The molecule has 142 valence electrons. The number of piperidine rings is 1. The van der Waals surface area contributed by atoms with E-state index in [1.807, 2.05) is 67.6 Å². The van der Waals surface area contributed by atoms with Crippen LogP contribution in [0.2, 0.25) is 0 Å². The summed E-state index contributed by atoms with van der Waals surface area (Å²) in [5, 5.41) is 0. The third-order valence-corrected chi connectivity index (χ3v) is 5.31. The zero-order valence-electron chi connectivity index (χ0n) is 15.9. The van der Waals surface area contributed by atoms with E-state index in [4.69, 9.17) is 4.74 Å². The van der Waals surface area contributed by atoms with Crippen LogP contribution in [0.15, 0.2) is 60.7 Å². The molecule has 1 fully saturated rings. The van der Waals surface area contributed by atoms with Crippen molar-refractivity contribution in [1.29, 1.82) is 0 Å². The Kier molecular flexibility index (Phi) is 6.40. The van der Waals surface area contributed by atoms with Gasteiger partial charge in [-0.25, -0.2) is 0 Å². The van der Waals surface area contributed by atoms with E-state index in [2.05, 4.69) is 4.90 Å². The summed E-state index contributed by atoms with van der Waals surface area (Å²) in [5.74, 6) is 0.0134. The molecule has 0 bridgehead atoms. The molecule has 1 aliphatic heterocycles. The van der Waals surface area contributed by atoms with Crippen LogP contribution < -0.4 is 0 Å². The van der Waals surface area contributed by atoms with Crippen molar-refractivity contribution in [3.63, 3.8) is 0 Å². The van der Waals surface area contributed by atoms with Crippen LogP contribution >= 0.6 is 0 Å². The zero-order valence-corrected chi connectivity index (χ0v) is 15.9. The highest BCUT2D eigenvalue weighted by Crippen LogP contribution is 2.37. The number of ketones is 1.